The van der Waals surface area contributed by atoms with E-state index in [1.807, 2.05) is 0 Å². The van der Waals surface area contributed by atoms with Crippen molar-refractivity contribution in [2.45, 2.75) is 13.8 Å². The molecule has 0 bridgehead atoms. The summed E-state index contributed by atoms with van der Waals surface area (Å²) < 4.78 is 5.61. The molecule has 2 rings (SSSR count). The van der Waals surface area contributed by atoms with Crippen LogP contribution >= 0.6 is 0 Å². The number of carboxylic acids is 1. The number of rotatable bonds is 4. The second-order valence-electron chi connectivity index (χ2n) is 4.56. The lowest BCUT2D eigenvalue weighted by molar-refractivity contribution is -0.385. The number of carboxylic acid groups (broad SMARTS) is 1. The van der Waals surface area contributed by atoms with E-state index in [1.165, 1.54) is 24.3 Å². The van der Waals surface area contributed by atoms with Crippen LogP contribution in [0, 0.1) is 24.0 Å². The first kappa shape index (κ1) is 14.5. The molecule has 21 heavy (non-hydrogen) atoms. The van der Waals surface area contributed by atoms with Gasteiger partial charge in [-0.15, -0.1) is 0 Å². The van der Waals surface area contributed by atoms with Crippen LogP contribution in [0.4, 0.5) is 5.69 Å². The first-order chi connectivity index (χ1) is 9.90. The van der Waals surface area contributed by atoms with Crippen LogP contribution in [0.25, 0.3) is 0 Å². The van der Waals surface area contributed by atoms with Gasteiger partial charge < -0.3 is 9.84 Å². The van der Waals surface area contributed by atoms with Crippen LogP contribution in [0.3, 0.4) is 0 Å². The van der Waals surface area contributed by atoms with E-state index in [4.69, 9.17) is 4.74 Å². The lowest BCUT2D eigenvalue weighted by atomic mass is 10.1. The third kappa shape index (κ3) is 3.00. The predicted molar refractivity (Wildman–Crippen MR) is 76.0 cm³/mol. The van der Waals surface area contributed by atoms with Crippen molar-refractivity contribution in [1.29, 1.82) is 0 Å². The van der Waals surface area contributed by atoms with E-state index in [0.29, 0.717) is 16.9 Å². The fourth-order valence-corrected chi connectivity index (χ4v) is 1.97. The second-order valence-corrected chi connectivity index (χ2v) is 4.56. The summed E-state index contributed by atoms with van der Waals surface area (Å²) >= 11 is 0. The maximum absolute atomic E-state index is 11.2. The number of carbonyl (C=O) groups is 1. The molecule has 0 radical (unpaired) electrons. The van der Waals surface area contributed by atoms with Crippen molar-refractivity contribution in [2.75, 3.05) is 0 Å². The van der Waals surface area contributed by atoms with E-state index in [9.17, 15) is 20.0 Å². The van der Waals surface area contributed by atoms with Crippen molar-refractivity contribution < 1.29 is 19.6 Å². The number of para-hydroxylation sites is 1. The molecule has 0 spiro atoms. The smallest absolute Gasteiger partial charge is 0.339 e. The normalized spacial score (nSPS) is 10.2. The molecule has 0 aliphatic heterocycles. The van der Waals surface area contributed by atoms with Crippen LogP contribution in [-0.4, -0.2) is 16.0 Å². The molecule has 2 aromatic rings. The molecule has 0 aliphatic carbocycles. The first-order valence-corrected chi connectivity index (χ1v) is 6.16. The summed E-state index contributed by atoms with van der Waals surface area (Å²) in [5, 5.41) is 19.9. The van der Waals surface area contributed by atoms with E-state index in [2.05, 4.69) is 0 Å². The Morgan fingerprint density at radius 1 is 1.19 bits per heavy atom. The zero-order valence-electron chi connectivity index (χ0n) is 11.5. The van der Waals surface area contributed by atoms with Gasteiger partial charge in [0.05, 0.1) is 4.92 Å². The van der Waals surface area contributed by atoms with Gasteiger partial charge in [-0.2, -0.15) is 0 Å². The van der Waals surface area contributed by atoms with E-state index >= 15 is 0 Å². The summed E-state index contributed by atoms with van der Waals surface area (Å²) in [6.07, 6.45) is 0. The SMILES string of the molecule is Cc1cc(Oc2c(C)cccc2C(=O)O)ccc1[N+](=O)[O-]. The Labute approximate surface area is 120 Å². The number of ether oxygens (including phenoxy) is 1. The van der Waals surface area contributed by atoms with E-state index in [-0.39, 0.29) is 17.0 Å². The molecule has 0 unspecified atom stereocenters. The molecule has 0 saturated carbocycles. The quantitative estimate of drug-likeness (QED) is 0.684. The van der Waals surface area contributed by atoms with Crippen LogP contribution in [0.1, 0.15) is 21.5 Å². The Morgan fingerprint density at radius 3 is 2.48 bits per heavy atom. The van der Waals surface area contributed by atoms with Gasteiger partial charge in [-0.05, 0) is 37.6 Å². The van der Waals surface area contributed by atoms with Crippen LogP contribution in [-0.2, 0) is 0 Å². The summed E-state index contributed by atoms with van der Waals surface area (Å²) in [6, 6.07) is 9.11. The molecule has 0 aromatic heterocycles. The summed E-state index contributed by atoms with van der Waals surface area (Å²) in [4.78, 5) is 21.5. The van der Waals surface area contributed by atoms with Crippen molar-refractivity contribution in [1.82, 2.24) is 0 Å². The number of nitro groups is 1. The Kier molecular flexibility index (Phi) is 3.89. The molecule has 0 aliphatic rings. The van der Waals surface area contributed by atoms with E-state index in [0.717, 1.165) is 0 Å². The van der Waals surface area contributed by atoms with Crippen LogP contribution in [0.2, 0.25) is 0 Å². The number of nitro benzene ring substituents is 1. The summed E-state index contributed by atoms with van der Waals surface area (Å²) in [6.45, 7) is 3.33. The minimum atomic E-state index is -1.09. The van der Waals surface area contributed by atoms with E-state index < -0.39 is 10.9 Å². The fourth-order valence-electron chi connectivity index (χ4n) is 1.97. The number of nitrogens with zero attached hydrogens (tertiary/aromatic N) is 1. The zero-order valence-corrected chi connectivity index (χ0v) is 11.5. The lowest BCUT2D eigenvalue weighted by Gasteiger charge is -2.12. The van der Waals surface area contributed by atoms with Gasteiger partial charge in [0.25, 0.3) is 5.69 Å². The molecule has 0 atom stereocenters. The van der Waals surface area contributed by atoms with Crippen LogP contribution < -0.4 is 4.74 Å². The molecule has 6 nitrogen and oxygen atoms in total. The molecule has 0 saturated heterocycles. The van der Waals surface area contributed by atoms with Gasteiger partial charge in [0.1, 0.15) is 17.1 Å². The minimum Gasteiger partial charge on any atom is -0.478 e. The van der Waals surface area contributed by atoms with Crippen LogP contribution in [0.5, 0.6) is 11.5 Å². The zero-order chi connectivity index (χ0) is 15.6. The Balaban J connectivity index is 2.41. The number of aromatic carboxylic acids is 1. The first-order valence-electron chi connectivity index (χ1n) is 6.16. The number of hydrogen-bond acceptors (Lipinski definition) is 4. The van der Waals surface area contributed by atoms with Gasteiger partial charge in [0, 0.05) is 11.6 Å². The highest BCUT2D eigenvalue weighted by molar-refractivity contribution is 5.91. The maximum atomic E-state index is 11.2. The standard InChI is InChI=1S/C15H13NO5/c1-9-4-3-5-12(15(17)18)14(9)21-11-6-7-13(16(19)20)10(2)8-11/h3-8H,1-2H3,(H,17,18). The summed E-state index contributed by atoms with van der Waals surface area (Å²) in [7, 11) is 0. The van der Waals surface area contributed by atoms with E-state index in [1.54, 1.807) is 26.0 Å². The molecular weight excluding hydrogens is 274 g/mol. The molecule has 2 aromatic carbocycles. The molecule has 0 fully saturated rings. The van der Waals surface area contributed by atoms with Gasteiger partial charge in [0.2, 0.25) is 0 Å². The average Bonchev–Trinajstić information content (AvgIpc) is 2.40. The minimum absolute atomic E-state index is 0.00871. The van der Waals surface area contributed by atoms with Crippen molar-refractivity contribution >= 4 is 11.7 Å². The highest BCUT2D eigenvalue weighted by atomic mass is 16.6. The van der Waals surface area contributed by atoms with Gasteiger partial charge in [0.15, 0.2) is 0 Å². The average molecular weight is 287 g/mol. The third-order valence-electron chi connectivity index (χ3n) is 3.03. The molecule has 0 amide bonds. The highest BCUT2D eigenvalue weighted by Gasteiger charge is 2.16. The van der Waals surface area contributed by atoms with Gasteiger partial charge in [-0.3, -0.25) is 10.1 Å². The van der Waals surface area contributed by atoms with Crippen LogP contribution in [0.15, 0.2) is 36.4 Å². The maximum Gasteiger partial charge on any atom is 0.339 e. The molecule has 108 valence electrons. The summed E-state index contributed by atoms with van der Waals surface area (Å²) in [5.41, 5.74) is 1.16. The van der Waals surface area contributed by atoms with Crippen molar-refractivity contribution in [2.24, 2.45) is 0 Å². The van der Waals surface area contributed by atoms with Gasteiger partial charge >= 0.3 is 5.97 Å². The molecule has 0 heterocycles. The van der Waals surface area contributed by atoms with Crippen molar-refractivity contribution in [3.05, 3.63) is 63.2 Å². The van der Waals surface area contributed by atoms with Gasteiger partial charge in [-0.1, -0.05) is 12.1 Å². The Morgan fingerprint density at radius 2 is 1.90 bits per heavy atom. The second kappa shape index (κ2) is 5.62. The highest BCUT2D eigenvalue weighted by Crippen LogP contribution is 2.31. The summed E-state index contributed by atoms with van der Waals surface area (Å²) in [5.74, 6) is -0.500. The third-order valence-corrected chi connectivity index (χ3v) is 3.03. The molecule has 6 heteroatoms. The topological polar surface area (TPSA) is 89.7 Å². The number of aryl methyl sites for hydroxylation is 2. The van der Waals surface area contributed by atoms with Gasteiger partial charge in [-0.25, -0.2) is 4.79 Å². The van der Waals surface area contributed by atoms with Crippen molar-refractivity contribution in [3.63, 3.8) is 0 Å². The number of hydrogen-bond donors (Lipinski definition) is 1. The molecule has 1 N–H and O–H groups in total. The predicted octanol–water partition coefficient (Wildman–Crippen LogP) is 3.70. The lowest BCUT2D eigenvalue weighted by Crippen LogP contribution is -2.01. The van der Waals surface area contributed by atoms with Crippen molar-refractivity contribution in [3.8, 4) is 11.5 Å². The largest absolute Gasteiger partial charge is 0.478 e. The number of benzene rings is 2. The Bertz CT molecular complexity index is 724. The fraction of sp³-hybridized carbons (Fsp3) is 0.133. The monoisotopic (exact) mass is 287 g/mol. The Hall–Kier alpha value is -2.89. The molecular formula is C15H13NO5.